The summed E-state index contributed by atoms with van der Waals surface area (Å²) in [4.78, 5) is 24.7. The lowest BCUT2D eigenvalue weighted by atomic mass is 10.3. The maximum Gasteiger partial charge on any atom is 0.324 e. The normalized spacial score (nSPS) is 14.0. The van der Waals surface area contributed by atoms with Crippen LogP contribution in [-0.4, -0.2) is 63.0 Å². The van der Waals surface area contributed by atoms with Crippen LogP contribution in [0.3, 0.4) is 0 Å². The van der Waals surface area contributed by atoms with Gasteiger partial charge in [0.2, 0.25) is 11.1 Å². The lowest BCUT2D eigenvalue weighted by molar-refractivity contribution is -0.124. The van der Waals surface area contributed by atoms with Gasteiger partial charge in [-0.05, 0) is 34.7 Å². The minimum absolute atomic E-state index is 0.0873. The summed E-state index contributed by atoms with van der Waals surface area (Å²) < 4.78 is 6.64. The lowest BCUT2D eigenvalue weighted by Crippen LogP contribution is -2.35. The molecule has 23 heavy (non-hydrogen) atoms. The fourth-order valence-corrected chi connectivity index (χ4v) is 2.84. The molecule has 9 nitrogen and oxygen atoms in total. The van der Waals surface area contributed by atoms with Gasteiger partial charge in [0, 0.05) is 13.1 Å². The fraction of sp³-hybridized carbons (Fsp3) is 0.308. The molecule has 1 N–H and O–H groups in total. The number of methoxy groups -OCH3 is 1. The predicted octanol–water partition coefficient (Wildman–Crippen LogP) is 0.315. The van der Waals surface area contributed by atoms with Gasteiger partial charge in [-0.25, -0.2) is 4.79 Å². The summed E-state index contributed by atoms with van der Waals surface area (Å²) in [7, 11) is 1.59. The van der Waals surface area contributed by atoms with E-state index < -0.39 is 0 Å². The van der Waals surface area contributed by atoms with Crippen LogP contribution in [0.2, 0.25) is 0 Å². The summed E-state index contributed by atoms with van der Waals surface area (Å²) in [6.07, 6.45) is 0. The number of rotatable bonds is 5. The monoisotopic (exact) mass is 334 g/mol. The first-order chi connectivity index (χ1) is 11.2. The number of carbonyl (C=O) groups excluding carboxylic acids is 2. The van der Waals surface area contributed by atoms with Gasteiger partial charge in [-0.15, -0.1) is 5.10 Å². The molecule has 1 aliphatic rings. The molecule has 3 amide bonds. The van der Waals surface area contributed by atoms with E-state index in [1.807, 2.05) is 12.1 Å². The molecule has 120 valence electrons. The molecule has 2 heterocycles. The number of aromatic nitrogens is 4. The van der Waals surface area contributed by atoms with E-state index in [4.69, 9.17) is 4.74 Å². The van der Waals surface area contributed by atoms with Crippen LogP contribution in [0.5, 0.6) is 5.75 Å². The summed E-state index contributed by atoms with van der Waals surface area (Å²) >= 11 is 1.18. The lowest BCUT2D eigenvalue weighted by Gasteiger charge is -2.11. The molecule has 2 aromatic rings. The standard InChI is InChI=1S/C13H14N6O3S/c1-22-10-4-2-9(3-5-10)19-13(15-16-17-19)23-8-11(20)18-7-6-14-12(18)21/h2-5H,6-8H2,1H3,(H,14,21). The number of nitrogens with one attached hydrogen (secondary N) is 1. The topological polar surface area (TPSA) is 102 Å². The third-order valence-corrected chi connectivity index (χ3v) is 4.14. The SMILES string of the molecule is COc1ccc(-n2nnnc2SCC(=O)N2CCNC2=O)cc1. The van der Waals surface area contributed by atoms with Gasteiger partial charge in [0.25, 0.3) is 0 Å². The van der Waals surface area contributed by atoms with Gasteiger partial charge in [-0.3, -0.25) is 9.69 Å². The molecular weight excluding hydrogens is 320 g/mol. The molecule has 0 spiro atoms. The Balaban J connectivity index is 1.68. The van der Waals surface area contributed by atoms with E-state index in [2.05, 4.69) is 20.8 Å². The quantitative estimate of drug-likeness (QED) is 0.785. The van der Waals surface area contributed by atoms with Crippen LogP contribution in [0.4, 0.5) is 4.79 Å². The first kappa shape index (κ1) is 15.3. The number of nitrogens with zero attached hydrogens (tertiary/aromatic N) is 5. The highest BCUT2D eigenvalue weighted by Gasteiger charge is 2.26. The Kier molecular flexibility index (Phi) is 4.42. The van der Waals surface area contributed by atoms with Crippen LogP contribution < -0.4 is 10.1 Å². The zero-order valence-corrected chi connectivity index (χ0v) is 13.1. The Morgan fingerprint density at radius 1 is 1.39 bits per heavy atom. The van der Waals surface area contributed by atoms with Crippen molar-refractivity contribution in [2.24, 2.45) is 0 Å². The molecule has 0 radical (unpaired) electrons. The molecule has 1 aliphatic heterocycles. The largest absolute Gasteiger partial charge is 0.497 e. The Morgan fingerprint density at radius 2 is 2.17 bits per heavy atom. The molecule has 0 bridgehead atoms. The van der Waals surface area contributed by atoms with E-state index >= 15 is 0 Å². The zero-order valence-electron chi connectivity index (χ0n) is 12.3. The van der Waals surface area contributed by atoms with Crippen molar-refractivity contribution in [3.05, 3.63) is 24.3 Å². The molecule has 0 aliphatic carbocycles. The maximum atomic E-state index is 12.0. The van der Waals surface area contributed by atoms with E-state index in [0.29, 0.717) is 18.2 Å². The molecule has 1 aromatic heterocycles. The van der Waals surface area contributed by atoms with Crippen molar-refractivity contribution in [2.45, 2.75) is 5.16 Å². The Bertz CT molecular complexity index is 717. The number of carbonyl (C=O) groups is 2. The second-order valence-electron chi connectivity index (χ2n) is 4.64. The van der Waals surface area contributed by atoms with Crippen molar-refractivity contribution < 1.29 is 14.3 Å². The molecule has 1 saturated heterocycles. The van der Waals surface area contributed by atoms with Crippen LogP contribution in [0, 0.1) is 0 Å². The fourth-order valence-electron chi connectivity index (χ4n) is 2.07. The average Bonchev–Trinajstić information content (AvgIpc) is 3.21. The van der Waals surface area contributed by atoms with Gasteiger partial charge in [-0.2, -0.15) is 4.68 Å². The molecule has 1 fully saturated rings. The van der Waals surface area contributed by atoms with Gasteiger partial charge in [0.05, 0.1) is 18.6 Å². The average molecular weight is 334 g/mol. The number of tetrazole rings is 1. The van der Waals surface area contributed by atoms with Crippen LogP contribution in [0.15, 0.2) is 29.4 Å². The number of urea groups is 1. The summed E-state index contributed by atoms with van der Waals surface area (Å²) in [5, 5.41) is 14.5. The summed E-state index contributed by atoms with van der Waals surface area (Å²) in [5.74, 6) is 0.546. The predicted molar refractivity (Wildman–Crippen MR) is 81.5 cm³/mol. The molecule has 3 rings (SSSR count). The Labute approximate surface area is 136 Å². The molecule has 0 unspecified atom stereocenters. The number of amides is 3. The first-order valence-corrected chi connectivity index (χ1v) is 7.81. The number of ether oxygens (including phenoxy) is 1. The van der Waals surface area contributed by atoms with Crippen molar-refractivity contribution in [3.63, 3.8) is 0 Å². The molecule has 1 aromatic carbocycles. The van der Waals surface area contributed by atoms with E-state index in [1.165, 1.54) is 21.3 Å². The van der Waals surface area contributed by atoms with Crippen molar-refractivity contribution in [1.29, 1.82) is 0 Å². The highest BCUT2D eigenvalue weighted by Crippen LogP contribution is 2.20. The van der Waals surface area contributed by atoms with Crippen LogP contribution in [0.25, 0.3) is 5.69 Å². The first-order valence-electron chi connectivity index (χ1n) is 6.83. The number of imide groups is 1. The van der Waals surface area contributed by atoms with Gasteiger partial charge >= 0.3 is 6.03 Å². The second-order valence-corrected chi connectivity index (χ2v) is 5.58. The van der Waals surface area contributed by atoms with Gasteiger partial charge in [-0.1, -0.05) is 11.8 Å². The van der Waals surface area contributed by atoms with Gasteiger partial charge < -0.3 is 10.1 Å². The third kappa shape index (κ3) is 3.26. The van der Waals surface area contributed by atoms with E-state index in [1.54, 1.807) is 19.2 Å². The molecular formula is C13H14N6O3S. The maximum absolute atomic E-state index is 12.0. The van der Waals surface area contributed by atoms with Crippen LogP contribution >= 0.6 is 11.8 Å². The summed E-state index contributed by atoms with van der Waals surface area (Å²) in [6.45, 7) is 0.875. The zero-order chi connectivity index (χ0) is 16.2. The smallest absolute Gasteiger partial charge is 0.324 e. The minimum atomic E-state index is -0.356. The van der Waals surface area contributed by atoms with E-state index in [-0.39, 0.29) is 17.7 Å². The minimum Gasteiger partial charge on any atom is -0.497 e. The second kappa shape index (κ2) is 6.65. The van der Waals surface area contributed by atoms with Crippen molar-refractivity contribution >= 4 is 23.7 Å². The van der Waals surface area contributed by atoms with E-state index in [9.17, 15) is 9.59 Å². The molecule has 0 saturated carbocycles. The van der Waals surface area contributed by atoms with Crippen molar-refractivity contribution in [3.8, 4) is 11.4 Å². The van der Waals surface area contributed by atoms with E-state index in [0.717, 1.165) is 11.4 Å². The Morgan fingerprint density at radius 3 is 2.83 bits per heavy atom. The van der Waals surface area contributed by atoms with Crippen LogP contribution in [-0.2, 0) is 4.79 Å². The number of hydrogen-bond donors (Lipinski definition) is 1. The highest BCUT2D eigenvalue weighted by molar-refractivity contribution is 7.99. The van der Waals surface area contributed by atoms with Crippen LogP contribution in [0.1, 0.15) is 0 Å². The Hall–Kier alpha value is -2.62. The summed E-state index contributed by atoms with van der Waals surface area (Å²) in [6, 6.07) is 6.87. The third-order valence-electron chi connectivity index (χ3n) is 3.24. The number of benzene rings is 1. The number of hydrogen-bond acceptors (Lipinski definition) is 7. The molecule has 0 atom stereocenters. The summed E-state index contributed by atoms with van der Waals surface area (Å²) in [5.41, 5.74) is 0.754. The molecule has 10 heteroatoms. The van der Waals surface area contributed by atoms with Gasteiger partial charge in [0.1, 0.15) is 5.75 Å². The van der Waals surface area contributed by atoms with Gasteiger partial charge in [0.15, 0.2) is 0 Å². The van der Waals surface area contributed by atoms with Crippen molar-refractivity contribution in [2.75, 3.05) is 26.0 Å². The highest BCUT2D eigenvalue weighted by atomic mass is 32.2. The number of thioether (sulfide) groups is 1. The van der Waals surface area contributed by atoms with Crippen molar-refractivity contribution in [1.82, 2.24) is 30.4 Å².